The Bertz CT molecular complexity index is 1150. The Morgan fingerprint density at radius 3 is 2.43 bits per heavy atom. The van der Waals surface area contributed by atoms with Crippen molar-refractivity contribution in [3.63, 3.8) is 0 Å². The number of ether oxygens (including phenoxy) is 1. The molecule has 2 nitrogen and oxygen atoms in total. The summed E-state index contributed by atoms with van der Waals surface area (Å²) in [6, 6.07) is 19.8. The Labute approximate surface area is 218 Å². The van der Waals surface area contributed by atoms with Gasteiger partial charge in [0, 0.05) is 18.5 Å². The molecule has 0 aliphatic rings. The van der Waals surface area contributed by atoms with E-state index >= 15 is 0 Å². The Morgan fingerprint density at radius 1 is 1.00 bits per heavy atom. The van der Waals surface area contributed by atoms with Gasteiger partial charge in [0.2, 0.25) is 0 Å². The van der Waals surface area contributed by atoms with Gasteiger partial charge in [0.25, 0.3) is 0 Å². The maximum Gasteiger partial charge on any atom is 0.119 e. The lowest BCUT2D eigenvalue weighted by molar-refractivity contribution is 0.195. The number of allylic oxidation sites excluding steroid dienone is 1. The number of benzene rings is 2. The van der Waals surface area contributed by atoms with E-state index < -0.39 is 9.52 Å². The van der Waals surface area contributed by atoms with Gasteiger partial charge in [0.05, 0.1) is 5.22 Å². The number of thiophene rings is 1. The van der Waals surface area contributed by atoms with Crippen LogP contribution in [0.4, 0.5) is 0 Å². The quantitative estimate of drug-likeness (QED) is 0.234. The van der Waals surface area contributed by atoms with E-state index in [4.69, 9.17) is 4.74 Å². The fourth-order valence-electron chi connectivity index (χ4n) is 3.88. The molecule has 2 aromatic carbocycles. The van der Waals surface area contributed by atoms with Crippen molar-refractivity contribution in [3.05, 3.63) is 83.1 Å². The number of hydrogen-bond acceptors (Lipinski definition) is 3. The number of nitrogens with zero attached hydrogens (tertiary/aromatic N) is 1. The summed E-state index contributed by atoms with van der Waals surface area (Å²) in [6.07, 6.45) is 4.13. The standard InChI is InChI=1S/C31H39NOSSi/c1-7-32(20-10-8-9-19-30(2,3)4)23-25-12-11-13-28(22-25)33-31(5,6)35-29-16-14-26(15-17-29)27-18-21-34-24-27/h8,10-18,21-22,24H,7,20,23,35H2,1-6H3/b10-8+. The Kier molecular flexibility index (Phi) is 9.57. The first-order valence-electron chi connectivity index (χ1n) is 12.4. The van der Waals surface area contributed by atoms with Crippen molar-refractivity contribution in [2.45, 2.75) is 53.3 Å². The van der Waals surface area contributed by atoms with E-state index in [0.717, 1.165) is 25.4 Å². The summed E-state index contributed by atoms with van der Waals surface area (Å²) in [7, 11) is -0.627. The molecule has 3 aromatic rings. The molecule has 0 saturated heterocycles. The average Bonchev–Trinajstić information content (AvgIpc) is 3.32. The smallest absolute Gasteiger partial charge is 0.119 e. The lowest BCUT2D eigenvalue weighted by Gasteiger charge is -2.27. The van der Waals surface area contributed by atoms with E-state index in [9.17, 15) is 0 Å². The fourth-order valence-corrected chi connectivity index (χ4v) is 6.24. The van der Waals surface area contributed by atoms with Crippen molar-refractivity contribution in [2.24, 2.45) is 5.41 Å². The molecule has 0 amide bonds. The van der Waals surface area contributed by atoms with Gasteiger partial charge in [-0.05, 0) is 92.9 Å². The Hall–Kier alpha value is -2.58. The molecule has 0 N–H and O–H groups in total. The summed E-state index contributed by atoms with van der Waals surface area (Å²) < 4.78 is 6.52. The first-order valence-corrected chi connectivity index (χ1v) is 14.8. The highest BCUT2D eigenvalue weighted by atomic mass is 32.1. The molecule has 0 radical (unpaired) electrons. The van der Waals surface area contributed by atoms with Crippen LogP contribution in [-0.4, -0.2) is 32.7 Å². The van der Waals surface area contributed by atoms with Crippen LogP contribution in [0.15, 0.2) is 77.5 Å². The van der Waals surface area contributed by atoms with E-state index in [2.05, 4.69) is 130 Å². The molecular formula is C31H39NOSSi. The van der Waals surface area contributed by atoms with Gasteiger partial charge in [-0.1, -0.05) is 66.4 Å². The maximum absolute atomic E-state index is 6.52. The monoisotopic (exact) mass is 501 g/mol. The summed E-state index contributed by atoms with van der Waals surface area (Å²) in [6.45, 7) is 15.8. The van der Waals surface area contributed by atoms with Crippen LogP contribution in [0.25, 0.3) is 11.1 Å². The SMILES string of the molecule is CCN(C/C=C/C#CC(C)(C)C)Cc1cccc(OC(C)(C)[SiH2]c2ccc(-c3ccsc3)cc2)c1. The zero-order valence-corrected chi connectivity index (χ0v) is 24.3. The van der Waals surface area contributed by atoms with Crippen LogP contribution in [-0.2, 0) is 6.54 Å². The average molecular weight is 502 g/mol. The summed E-state index contributed by atoms with van der Waals surface area (Å²) in [5.41, 5.74) is 3.90. The molecule has 0 unspecified atom stereocenters. The first-order chi connectivity index (χ1) is 16.6. The summed E-state index contributed by atoms with van der Waals surface area (Å²) in [5.74, 6) is 7.37. The van der Waals surface area contributed by atoms with Gasteiger partial charge in [0.1, 0.15) is 15.3 Å². The molecule has 0 saturated carbocycles. The zero-order valence-electron chi connectivity index (χ0n) is 22.1. The third-order valence-electron chi connectivity index (χ3n) is 5.60. The van der Waals surface area contributed by atoms with Crippen LogP contribution in [0.5, 0.6) is 5.75 Å². The molecule has 0 atom stereocenters. The second kappa shape index (κ2) is 12.4. The number of likely N-dealkylation sites (N-methyl/N-ethyl adjacent to an activating group) is 1. The van der Waals surface area contributed by atoms with Crippen LogP contribution in [0.3, 0.4) is 0 Å². The molecule has 0 fully saturated rings. The molecule has 35 heavy (non-hydrogen) atoms. The highest BCUT2D eigenvalue weighted by Gasteiger charge is 2.21. The van der Waals surface area contributed by atoms with Gasteiger partial charge < -0.3 is 4.74 Å². The van der Waals surface area contributed by atoms with Gasteiger partial charge in [-0.2, -0.15) is 11.3 Å². The molecule has 184 valence electrons. The lowest BCUT2D eigenvalue weighted by atomic mass is 9.98. The minimum atomic E-state index is -0.627. The minimum absolute atomic E-state index is 0.0411. The predicted octanol–water partition coefficient (Wildman–Crippen LogP) is 6.45. The van der Waals surface area contributed by atoms with Gasteiger partial charge in [0.15, 0.2) is 0 Å². The van der Waals surface area contributed by atoms with E-state index in [1.165, 1.54) is 21.9 Å². The summed E-state index contributed by atoms with van der Waals surface area (Å²) >= 11 is 1.74. The maximum atomic E-state index is 6.52. The fraction of sp³-hybridized carbons (Fsp3) is 0.355. The van der Waals surface area contributed by atoms with Crippen LogP contribution in [0.1, 0.15) is 47.1 Å². The Morgan fingerprint density at radius 2 is 1.77 bits per heavy atom. The number of hydrogen-bond donors (Lipinski definition) is 0. The third kappa shape index (κ3) is 9.53. The lowest BCUT2D eigenvalue weighted by Crippen LogP contribution is -2.42. The molecule has 4 heteroatoms. The summed E-state index contributed by atoms with van der Waals surface area (Å²) in [5, 5.41) is 5.58. The normalized spacial score (nSPS) is 12.4. The van der Waals surface area contributed by atoms with Crippen LogP contribution in [0.2, 0.25) is 0 Å². The molecule has 0 bridgehead atoms. The second-order valence-corrected chi connectivity index (χ2v) is 14.3. The van der Waals surface area contributed by atoms with Crippen molar-refractivity contribution in [3.8, 4) is 28.7 Å². The molecule has 0 spiro atoms. The number of rotatable bonds is 10. The second-order valence-electron chi connectivity index (χ2n) is 10.6. The van der Waals surface area contributed by atoms with Crippen LogP contribution < -0.4 is 9.92 Å². The first kappa shape index (κ1) is 27.0. The molecule has 0 aliphatic heterocycles. The van der Waals surface area contributed by atoms with Gasteiger partial charge in [-0.15, -0.1) is 0 Å². The topological polar surface area (TPSA) is 12.5 Å². The highest BCUT2D eigenvalue weighted by molar-refractivity contribution is 7.08. The van der Waals surface area contributed by atoms with E-state index in [1.54, 1.807) is 11.3 Å². The summed E-state index contributed by atoms with van der Waals surface area (Å²) in [4.78, 5) is 2.41. The van der Waals surface area contributed by atoms with Gasteiger partial charge >= 0.3 is 0 Å². The largest absolute Gasteiger partial charge is 0.492 e. The third-order valence-corrected chi connectivity index (χ3v) is 8.15. The molecular weight excluding hydrogens is 463 g/mol. The van der Waals surface area contributed by atoms with E-state index in [0.29, 0.717) is 0 Å². The van der Waals surface area contributed by atoms with Crippen molar-refractivity contribution in [1.29, 1.82) is 0 Å². The van der Waals surface area contributed by atoms with Crippen LogP contribution in [0, 0.1) is 17.3 Å². The van der Waals surface area contributed by atoms with E-state index in [1.807, 2.05) is 6.08 Å². The predicted molar refractivity (Wildman–Crippen MR) is 156 cm³/mol. The van der Waals surface area contributed by atoms with Gasteiger partial charge in [-0.3, -0.25) is 4.90 Å². The molecule has 1 aromatic heterocycles. The molecule has 1 heterocycles. The molecule has 3 rings (SSSR count). The van der Waals surface area contributed by atoms with Crippen LogP contribution >= 0.6 is 11.3 Å². The van der Waals surface area contributed by atoms with E-state index in [-0.39, 0.29) is 10.6 Å². The minimum Gasteiger partial charge on any atom is -0.492 e. The zero-order chi connectivity index (χ0) is 25.3. The van der Waals surface area contributed by atoms with Crippen molar-refractivity contribution < 1.29 is 4.74 Å². The van der Waals surface area contributed by atoms with Crippen molar-refractivity contribution in [1.82, 2.24) is 4.90 Å². The Balaban J connectivity index is 1.58. The van der Waals surface area contributed by atoms with Crippen molar-refractivity contribution >= 4 is 26.0 Å². The highest BCUT2D eigenvalue weighted by Crippen LogP contribution is 2.22. The van der Waals surface area contributed by atoms with Gasteiger partial charge in [-0.25, -0.2) is 0 Å². The molecule has 0 aliphatic carbocycles. The van der Waals surface area contributed by atoms with Crippen molar-refractivity contribution in [2.75, 3.05) is 13.1 Å².